The van der Waals surface area contributed by atoms with Crippen molar-refractivity contribution in [3.63, 3.8) is 0 Å². The second-order valence-corrected chi connectivity index (χ2v) is 4.90. The van der Waals surface area contributed by atoms with E-state index in [-0.39, 0.29) is 23.1 Å². The third-order valence-electron chi connectivity index (χ3n) is 2.34. The quantitative estimate of drug-likeness (QED) is 0.549. The van der Waals surface area contributed by atoms with E-state index in [9.17, 15) is 19.7 Å². The minimum Gasteiger partial charge on any atom is -0.481 e. The molecule has 108 valence electrons. The number of nitrogens with zero attached hydrogens (tertiary/aromatic N) is 1. The molecule has 0 heterocycles. The van der Waals surface area contributed by atoms with Crippen molar-refractivity contribution in [3.8, 4) is 0 Å². The Hall–Kier alpha value is -2.09. The SMILES string of the molecule is O=C(O)CSCC(=O)NCCc1ccc([N+](=O)[O-])cc1. The fourth-order valence-electron chi connectivity index (χ4n) is 1.41. The predicted molar refractivity (Wildman–Crippen MR) is 74.8 cm³/mol. The number of carboxylic acids is 1. The fourth-order valence-corrected chi connectivity index (χ4v) is 1.98. The molecule has 0 aromatic heterocycles. The van der Waals surface area contributed by atoms with Gasteiger partial charge in [0.2, 0.25) is 5.91 Å². The van der Waals surface area contributed by atoms with Crippen LogP contribution in [0.2, 0.25) is 0 Å². The van der Waals surface area contributed by atoms with Gasteiger partial charge in [-0.2, -0.15) is 0 Å². The molecule has 1 amide bonds. The number of amides is 1. The zero-order chi connectivity index (χ0) is 15.0. The first-order valence-electron chi connectivity index (χ1n) is 5.78. The molecule has 1 rings (SSSR count). The van der Waals surface area contributed by atoms with E-state index in [1.807, 2.05) is 0 Å². The third kappa shape index (κ3) is 6.19. The molecule has 0 aliphatic heterocycles. The van der Waals surface area contributed by atoms with Gasteiger partial charge in [0, 0.05) is 18.7 Å². The molecule has 0 aliphatic rings. The van der Waals surface area contributed by atoms with Crippen LogP contribution in [0, 0.1) is 10.1 Å². The number of nitro benzene ring substituents is 1. The minimum absolute atomic E-state index is 0.0304. The van der Waals surface area contributed by atoms with Gasteiger partial charge in [0.1, 0.15) is 0 Å². The Morgan fingerprint density at radius 2 is 1.90 bits per heavy atom. The number of benzene rings is 1. The smallest absolute Gasteiger partial charge is 0.313 e. The van der Waals surface area contributed by atoms with Gasteiger partial charge in [-0.15, -0.1) is 11.8 Å². The second-order valence-electron chi connectivity index (χ2n) is 3.91. The zero-order valence-corrected chi connectivity index (χ0v) is 11.4. The van der Waals surface area contributed by atoms with Gasteiger partial charge in [-0.1, -0.05) is 12.1 Å². The molecule has 2 N–H and O–H groups in total. The topological polar surface area (TPSA) is 110 Å². The van der Waals surface area contributed by atoms with Crippen LogP contribution >= 0.6 is 11.8 Å². The van der Waals surface area contributed by atoms with Gasteiger partial charge in [0.15, 0.2) is 0 Å². The Morgan fingerprint density at radius 1 is 1.25 bits per heavy atom. The Balaban J connectivity index is 2.24. The van der Waals surface area contributed by atoms with Crippen molar-refractivity contribution in [2.75, 3.05) is 18.1 Å². The van der Waals surface area contributed by atoms with E-state index in [1.165, 1.54) is 12.1 Å². The standard InChI is InChI=1S/C12H14N2O5S/c15-11(7-20-8-12(16)17)13-6-5-9-1-3-10(4-2-9)14(18)19/h1-4H,5-8H2,(H,13,15)(H,16,17). The number of hydrogen-bond donors (Lipinski definition) is 2. The number of hydrogen-bond acceptors (Lipinski definition) is 5. The highest BCUT2D eigenvalue weighted by Gasteiger charge is 2.05. The lowest BCUT2D eigenvalue weighted by molar-refractivity contribution is -0.384. The van der Waals surface area contributed by atoms with Crippen LogP contribution in [0.15, 0.2) is 24.3 Å². The Bertz CT molecular complexity index is 489. The predicted octanol–water partition coefficient (Wildman–Crippen LogP) is 1.07. The second kappa shape index (κ2) is 8.16. The first-order valence-corrected chi connectivity index (χ1v) is 6.94. The molecule has 0 unspecified atom stereocenters. The van der Waals surface area contributed by atoms with Gasteiger partial charge >= 0.3 is 5.97 Å². The summed E-state index contributed by atoms with van der Waals surface area (Å²) >= 11 is 1.03. The molecule has 0 bridgehead atoms. The van der Waals surface area contributed by atoms with Gasteiger partial charge < -0.3 is 10.4 Å². The maximum Gasteiger partial charge on any atom is 0.313 e. The highest BCUT2D eigenvalue weighted by atomic mass is 32.2. The number of nitro groups is 1. The number of nitrogens with one attached hydrogen (secondary N) is 1. The van der Waals surface area contributed by atoms with Crippen LogP contribution in [-0.4, -0.2) is 40.0 Å². The van der Waals surface area contributed by atoms with Crippen molar-refractivity contribution in [2.45, 2.75) is 6.42 Å². The monoisotopic (exact) mass is 298 g/mol. The van der Waals surface area contributed by atoms with Crippen molar-refractivity contribution in [1.29, 1.82) is 0 Å². The molecule has 0 spiro atoms. The number of rotatable bonds is 8. The van der Waals surface area contributed by atoms with Crippen LogP contribution in [-0.2, 0) is 16.0 Å². The zero-order valence-electron chi connectivity index (χ0n) is 10.6. The average molecular weight is 298 g/mol. The minimum atomic E-state index is -0.950. The van der Waals surface area contributed by atoms with Crippen LogP contribution in [0.4, 0.5) is 5.69 Å². The van der Waals surface area contributed by atoms with E-state index < -0.39 is 10.9 Å². The summed E-state index contributed by atoms with van der Waals surface area (Å²) in [4.78, 5) is 31.6. The summed E-state index contributed by atoms with van der Waals surface area (Å²) < 4.78 is 0. The van der Waals surface area contributed by atoms with E-state index in [1.54, 1.807) is 12.1 Å². The largest absolute Gasteiger partial charge is 0.481 e. The summed E-state index contributed by atoms with van der Waals surface area (Å²) in [6.07, 6.45) is 0.563. The van der Waals surface area contributed by atoms with Crippen molar-refractivity contribution in [1.82, 2.24) is 5.32 Å². The Kier molecular flexibility index (Phi) is 6.51. The molecular formula is C12H14N2O5S. The van der Waals surface area contributed by atoms with Gasteiger partial charge in [-0.25, -0.2) is 0 Å². The molecule has 0 radical (unpaired) electrons. The van der Waals surface area contributed by atoms with Crippen LogP contribution in [0.3, 0.4) is 0 Å². The molecule has 0 aliphatic carbocycles. The lowest BCUT2D eigenvalue weighted by atomic mass is 10.1. The molecule has 0 saturated heterocycles. The summed E-state index contributed by atoms with van der Waals surface area (Å²) in [6, 6.07) is 6.12. The molecular weight excluding hydrogens is 284 g/mol. The third-order valence-corrected chi connectivity index (χ3v) is 3.26. The number of carbonyl (C=O) groups is 2. The molecule has 1 aromatic rings. The Labute approximate surface area is 119 Å². The van der Waals surface area contributed by atoms with E-state index in [4.69, 9.17) is 5.11 Å². The number of non-ortho nitro benzene ring substituents is 1. The van der Waals surface area contributed by atoms with E-state index in [0.29, 0.717) is 13.0 Å². The molecule has 7 nitrogen and oxygen atoms in total. The maximum atomic E-state index is 11.3. The van der Waals surface area contributed by atoms with E-state index in [0.717, 1.165) is 17.3 Å². The summed E-state index contributed by atoms with van der Waals surface area (Å²) in [7, 11) is 0. The molecule has 8 heteroatoms. The van der Waals surface area contributed by atoms with Crippen molar-refractivity contribution in [2.24, 2.45) is 0 Å². The van der Waals surface area contributed by atoms with Gasteiger partial charge in [-0.05, 0) is 12.0 Å². The van der Waals surface area contributed by atoms with E-state index >= 15 is 0 Å². The summed E-state index contributed by atoms with van der Waals surface area (Å²) in [5.74, 6) is -1.17. The normalized spacial score (nSPS) is 10.0. The highest BCUT2D eigenvalue weighted by Crippen LogP contribution is 2.11. The molecule has 1 aromatic carbocycles. The summed E-state index contributed by atoms with van der Waals surface area (Å²) in [5.41, 5.74) is 0.914. The van der Waals surface area contributed by atoms with Crippen LogP contribution in [0.1, 0.15) is 5.56 Å². The average Bonchev–Trinajstić information content (AvgIpc) is 2.39. The molecule has 0 saturated carbocycles. The lowest BCUT2D eigenvalue weighted by Gasteiger charge is -2.04. The number of carboxylic acid groups (broad SMARTS) is 1. The number of carbonyl (C=O) groups excluding carboxylic acids is 1. The van der Waals surface area contributed by atoms with Crippen LogP contribution in [0.25, 0.3) is 0 Å². The summed E-state index contributed by atoms with van der Waals surface area (Å²) in [6.45, 7) is 0.407. The highest BCUT2D eigenvalue weighted by molar-refractivity contribution is 8.00. The van der Waals surface area contributed by atoms with Crippen LogP contribution in [0.5, 0.6) is 0 Å². The lowest BCUT2D eigenvalue weighted by Crippen LogP contribution is -2.27. The summed E-state index contributed by atoms with van der Waals surface area (Å²) in [5, 5.41) is 21.5. The van der Waals surface area contributed by atoms with Gasteiger partial charge in [0.25, 0.3) is 5.69 Å². The van der Waals surface area contributed by atoms with Crippen molar-refractivity contribution < 1.29 is 19.6 Å². The van der Waals surface area contributed by atoms with Crippen molar-refractivity contribution in [3.05, 3.63) is 39.9 Å². The first-order chi connectivity index (χ1) is 9.49. The molecule has 0 atom stereocenters. The maximum absolute atomic E-state index is 11.3. The van der Waals surface area contributed by atoms with E-state index in [2.05, 4.69) is 5.32 Å². The number of thioether (sulfide) groups is 1. The first kappa shape index (κ1) is 16.0. The Morgan fingerprint density at radius 3 is 2.45 bits per heavy atom. The van der Waals surface area contributed by atoms with Crippen LogP contribution < -0.4 is 5.32 Å². The number of aliphatic carboxylic acids is 1. The van der Waals surface area contributed by atoms with Crippen molar-refractivity contribution >= 4 is 29.3 Å². The van der Waals surface area contributed by atoms with Gasteiger partial charge in [0.05, 0.1) is 16.4 Å². The van der Waals surface area contributed by atoms with Gasteiger partial charge in [-0.3, -0.25) is 19.7 Å². The molecule has 0 fully saturated rings. The molecule has 20 heavy (non-hydrogen) atoms. The fraction of sp³-hybridized carbons (Fsp3) is 0.333.